The van der Waals surface area contributed by atoms with Gasteiger partial charge in [-0.25, -0.2) is 0 Å². The van der Waals surface area contributed by atoms with Gasteiger partial charge in [0.05, 0.1) is 13.7 Å². The predicted molar refractivity (Wildman–Crippen MR) is 120 cm³/mol. The molecule has 0 saturated carbocycles. The Kier molecular flexibility index (Phi) is 9.73. The molecular formula is C22H40O3SSi. The van der Waals surface area contributed by atoms with Crippen molar-refractivity contribution in [2.75, 3.05) is 0 Å². The Morgan fingerprint density at radius 1 is 0.963 bits per heavy atom. The molecule has 0 atom stereocenters. The van der Waals surface area contributed by atoms with Gasteiger partial charge in [0, 0.05) is 0 Å². The van der Waals surface area contributed by atoms with E-state index in [0.717, 1.165) is 29.2 Å². The van der Waals surface area contributed by atoms with Gasteiger partial charge in [0.15, 0.2) is 0 Å². The molecule has 0 radical (unpaired) electrons. The lowest BCUT2D eigenvalue weighted by atomic mass is 9.96. The quantitative estimate of drug-likeness (QED) is 0.288. The van der Waals surface area contributed by atoms with Crippen molar-refractivity contribution in [3.63, 3.8) is 0 Å². The summed E-state index contributed by atoms with van der Waals surface area (Å²) in [4.78, 5) is 0.170. The van der Waals surface area contributed by atoms with Crippen LogP contribution in [0.5, 0.6) is 0 Å². The van der Waals surface area contributed by atoms with E-state index in [9.17, 15) is 13.0 Å². The van der Waals surface area contributed by atoms with E-state index in [1.54, 1.807) is 6.07 Å². The molecule has 27 heavy (non-hydrogen) atoms. The summed E-state index contributed by atoms with van der Waals surface area (Å²) in [6.45, 7) is 15.1. The molecule has 0 aromatic heterocycles. The van der Waals surface area contributed by atoms with Crippen molar-refractivity contribution < 1.29 is 13.0 Å². The van der Waals surface area contributed by atoms with E-state index in [4.69, 9.17) is 0 Å². The lowest BCUT2D eigenvalue weighted by Crippen LogP contribution is -2.41. The van der Waals surface area contributed by atoms with Crippen LogP contribution in [0.4, 0.5) is 0 Å². The van der Waals surface area contributed by atoms with E-state index in [1.807, 2.05) is 6.92 Å². The van der Waals surface area contributed by atoms with Crippen LogP contribution in [0.2, 0.25) is 11.1 Å². The second-order valence-corrected chi connectivity index (χ2v) is 14.4. The highest BCUT2D eigenvalue weighted by Gasteiger charge is 2.31. The van der Waals surface area contributed by atoms with Crippen LogP contribution in [0.15, 0.2) is 11.0 Å². The van der Waals surface area contributed by atoms with Gasteiger partial charge in [0.25, 0.3) is 10.1 Å². The van der Waals surface area contributed by atoms with Crippen LogP contribution < -0.4 is 5.19 Å². The third-order valence-electron chi connectivity index (χ3n) is 5.77. The Balaban J connectivity index is 3.30. The summed E-state index contributed by atoms with van der Waals surface area (Å²) in [7, 11) is -5.77. The van der Waals surface area contributed by atoms with E-state index >= 15 is 0 Å². The average Bonchev–Trinajstić information content (AvgIpc) is 2.53. The number of hydrogen-bond donors (Lipinski definition) is 1. The van der Waals surface area contributed by atoms with Gasteiger partial charge < -0.3 is 0 Å². The number of hydrogen-bond acceptors (Lipinski definition) is 2. The summed E-state index contributed by atoms with van der Waals surface area (Å²) in [6.07, 6.45) is 8.51. The summed E-state index contributed by atoms with van der Waals surface area (Å²) in [6, 6.07) is 1.73. The highest BCUT2D eigenvalue weighted by atomic mass is 32.2. The van der Waals surface area contributed by atoms with Crippen molar-refractivity contribution in [1.82, 2.24) is 0 Å². The standard InChI is InChI=1S/C22H40O3SSi/c1-8-9-10-11-12-13-14-20-18(6)15-21(26(23,24)25)22(19(20)7)27(16(2)3)17(4)5/h15-17,27H,8-14H2,1-7H3,(H,23,24,25). The summed E-state index contributed by atoms with van der Waals surface area (Å²) < 4.78 is 34.2. The van der Waals surface area contributed by atoms with Crippen molar-refractivity contribution in [2.45, 2.75) is 109 Å². The minimum absolute atomic E-state index is 0.170. The number of rotatable bonds is 11. The zero-order valence-electron chi connectivity index (χ0n) is 18.4. The molecule has 0 aliphatic rings. The van der Waals surface area contributed by atoms with Crippen LogP contribution in [-0.4, -0.2) is 21.8 Å². The summed E-state index contributed by atoms with van der Waals surface area (Å²) in [5.41, 5.74) is 4.29. The molecule has 0 aliphatic heterocycles. The molecule has 156 valence electrons. The molecule has 0 bridgehead atoms. The first-order valence-corrected chi connectivity index (χ1v) is 14.0. The van der Waals surface area contributed by atoms with E-state index in [1.165, 1.54) is 37.7 Å². The van der Waals surface area contributed by atoms with E-state index in [2.05, 4.69) is 41.5 Å². The minimum atomic E-state index is -4.21. The van der Waals surface area contributed by atoms with Gasteiger partial charge >= 0.3 is 0 Å². The van der Waals surface area contributed by atoms with Gasteiger partial charge in [-0.1, -0.05) is 66.7 Å². The summed E-state index contributed by atoms with van der Waals surface area (Å²) >= 11 is 0. The molecule has 0 aliphatic carbocycles. The topological polar surface area (TPSA) is 54.4 Å². The molecule has 0 amide bonds. The minimum Gasteiger partial charge on any atom is -0.282 e. The Morgan fingerprint density at radius 3 is 1.96 bits per heavy atom. The summed E-state index contributed by atoms with van der Waals surface area (Å²) in [5.74, 6) is 0. The molecule has 5 heteroatoms. The average molecular weight is 413 g/mol. The van der Waals surface area contributed by atoms with Crippen LogP contribution in [-0.2, 0) is 16.5 Å². The maximum absolute atomic E-state index is 12.2. The van der Waals surface area contributed by atoms with Crippen molar-refractivity contribution >= 4 is 24.1 Å². The van der Waals surface area contributed by atoms with Crippen LogP contribution >= 0.6 is 0 Å². The lowest BCUT2D eigenvalue weighted by molar-refractivity contribution is 0.483. The van der Waals surface area contributed by atoms with Crippen LogP contribution in [0, 0.1) is 13.8 Å². The second kappa shape index (κ2) is 10.8. The first kappa shape index (κ1) is 24.4. The Hall–Kier alpha value is -0.653. The molecular weight excluding hydrogens is 372 g/mol. The fraction of sp³-hybridized carbons (Fsp3) is 0.727. The molecule has 0 heterocycles. The van der Waals surface area contributed by atoms with Crippen molar-refractivity contribution in [3.05, 3.63) is 22.8 Å². The van der Waals surface area contributed by atoms with Gasteiger partial charge in [0.1, 0.15) is 0 Å². The predicted octanol–water partition coefficient (Wildman–Crippen LogP) is 5.71. The lowest BCUT2D eigenvalue weighted by Gasteiger charge is -2.29. The molecule has 0 fully saturated rings. The fourth-order valence-electron chi connectivity index (χ4n) is 4.54. The monoisotopic (exact) mass is 412 g/mol. The Labute approximate surface area is 169 Å². The SMILES string of the molecule is CCCCCCCCc1c(C)cc(S(=O)(=O)O)c([SiH](C(C)C)C(C)C)c1C. The van der Waals surface area contributed by atoms with E-state index in [-0.39, 0.29) is 4.90 Å². The second-order valence-electron chi connectivity index (χ2n) is 8.72. The number of unbranched alkanes of at least 4 members (excludes halogenated alkanes) is 5. The Bertz CT molecular complexity index is 701. The van der Waals surface area contributed by atoms with E-state index < -0.39 is 18.9 Å². The largest absolute Gasteiger partial charge is 0.294 e. The number of aryl methyl sites for hydroxylation is 1. The van der Waals surface area contributed by atoms with Gasteiger partial charge in [-0.15, -0.1) is 0 Å². The zero-order chi connectivity index (χ0) is 20.8. The number of benzene rings is 1. The van der Waals surface area contributed by atoms with Crippen LogP contribution in [0.3, 0.4) is 0 Å². The molecule has 1 aromatic carbocycles. The third-order valence-corrected chi connectivity index (χ3v) is 11.2. The molecule has 0 saturated heterocycles. The zero-order valence-corrected chi connectivity index (χ0v) is 20.4. The highest BCUT2D eigenvalue weighted by Crippen LogP contribution is 2.28. The Morgan fingerprint density at radius 2 is 1.48 bits per heavy atom. The highest BCUT2D eigenvalue weighted by molar-refractivity contribution is 7.86. The normalized spacial score (nSPS) is 12.6. The molecule has 1 N–H and O–H groups in total. The third kappa shape index (κ3) is 6.72. The molecule has 0 unspecified atom stereocenters. The molecule has 1 rings (SSSR count). The van der Waals surface area contributed by atoms with Gasteiger partial charge in [-0.3, -0.25) is 4.55 Å². The van der Waals surface area contributed by atoms with Crippen LogP contribution in [0.1, 0.15) is 89.8 Å². The first-order chi connectivity index (χ1) is 12.5. The van der Waals surface area contributed by atoms with E-state index in [0.29, 0.717) is 11.1 Å². The summed E-state index contributed by atoms with van der Waals surface area (Å²) in [5, 5.41) is 0.967. The molecule has 3 nitrogen and oxygen atoms in total. The molecule has 0 spiro atoms. The van der Waals surface area contributed by atoms with Crippen molar-refractivity contribution in [2.24, 2.45) is 0 Å². The van der Waals surface area contributed by atoms with Gasteiger partial charge in [-0.2, -0.15) is 8.42 Å². The fourth-order valence-corrected chi connectivity index (χ4v) is 10.1. The van der Waals surface area contributed by atoms with Gasteiger partial charge in [0.2, 0.25) is 0 Å². The van der Waals surface area contributed by atoms with Gasteiger partial charge in [-0.05, 0) is 65.7 Å². The van der Waals surface area contributed by atoms with Crippen LogP contribution in [0.25, 0.3) is 0 Å². The smallest absolute Gasteiger partial charge is 0.282 e. The van der Waals surface area contributed by atoms with Crippen molar-refractivity contribution in [3.8, 4) is 0 Å². The first-order valence-electron chi connectivity index (χ1n) is 10.6. The molecule has 1 aromatic rings. The van der Waals surface area contributed by atoms with Crippen molar-refractivity contribution in [1.29, 1.82) is 0 Å². The maximum atomic E-state index is 12.2. The maximum Gasteiger partial charge on any atom is 0.294 e.